The van der Waals surface area contributed by atoms with Crippen LogP contribution in [0.4, 0.5) is 8.78 Å². The van der Waals surface area contributed by atoms with E-state index < -0.39 is 11.6 Å². The minimum atomic E-state index is -1.03. The summed E-state index contributed by atoms with van der Waals surface area (Å²) in [5.41, 5.74) is -0.144. The van der Waals surface area contributed by atoms with Gasteiger partial charge in [0.2, 0.25) is 0 Å². The fraction of sp³-hybridized carbons (Fsp3) is 0.500. The number of rotatable bonds is 6. The summed E-state index contributed by atoms with van der Waals surface area (Å²) in [4.78, 5) is 13.9. The van der Waals surface area contributed by atoms with Gasteiger partial charge in [0, 0.05) is 19.5 Å². The minimum absolute atomic E-state index is 0.144. The highest BCUT2D eigenvalue weighted by atomic mass is 19.2. The van der Waals surface area contributed by atoms with E-state index in [4.69, 9.17) is 0 Å². The highest BCUT2D eigenvalue weighted by Gasteiger charge is 2.23. The fourth-order valence-electron chi connectivity index (χ4n) is 1.98. The number of hydrogen-bond acceptors (Lipinski definition) is 2. The van der Waals surface area contributed by atoms with Crippen molar-refractivity contribution in [3.8, 4) is 0 Å². The van der Waals surface area contributed by atoms with Crippen molar-refractivity contribution in [3.63, 3.8) is 0 Å². The average Bonchev–Trinajstić information content (AvgIpc) is 3.13. The Bertz CT molecular complexity index is 443. The molecular formula is C14H17F2NO. The maximum Gasteiger partial charge on any atom is 0.169 e. The second-order valence-corrected chi connectivity index (χ2v) is 4.98. The van der Waals surface area contributed by atoms with Crippen LogP contribution in [0.3, 0.4) is 0 Å². The summed E-state index contributed by atoms with van der Waals surface area (Å²) in [6, 6.07) is 3.71. The third kappa shape index (κ3) is 3.35. The van der Waals surface area contributed by atoms with E-state index in [1.165, 1.54) is 25.0 Å². The van der Waals surface area contributed by atoms with Crippen LogP contribution in [0, 0.1) is 17.6 Å². The van der Waals surface area contributed by atoms with Crippen molar-refractivity contribution >= 4 is 5.78 Å². The first-order valence-corrected chi connectivity index (χ1v) is 6.23. The van der Waals surface area contributed by atoms with Crippen LogP contribution in [0.5, 0.6) is 0 Å². The Balaban J connectivity index is 1.88. The summed E-state index contributed by atoms with van der Waals surface area (Å²) in [5.74, 6) is -1.58. The highest BCUT2D eigenvalue weighted by Crippen LogP contribution is 2.29. The van der Waals surface area contributed by atoms with Gasteiger partial charge >= 0.3 is 0 Å². The Morgan fingerprint density at radius 3 is 2.78 bits per heavy atom. The molecule has 4 heteroatoms. The number of carbonyl (C=O) groups is 1. The molecule has 0 radical (unpaired) electrons. The van der Waals surface area contributed by atoms with Crippen LogP contribution in [0.25, 0.3) is 0 Å². The molecule has 0 N–H and O–H groups in total. The molecule has 1 fully saturated rings. The van der Waals surface area contributed by atoms with E-state index in [2.05, 4.69) is 4.90 Å². The van der Waals surface area contributed by atoms with Crippen molar-refractivity contribution in [1.29, 1.82) is 0 Å². The van der Waals surface area contributed by atoms with Gasteiger partial charge in [0.1, 0.15) is 0 Å². The Morgan fingerprint density at radius 2 is 2.11 bits per heavy atom. The zero-order valence-electron chi connectivity index (χ0n) is 10.5. The van der Waals surface area contributed by atoms with E-state index in [-0.39, 0.29) is 17.8 Å². The monoisotopic (exact) mass is 253 g/mol. The second-order valence-electron chi connectivity index (χ2n) is 4.98. The van der Waals surface area contributed by atoms with Crippen LogP contribution in [0.2, 0.25) is 0 Å². The van der Waals surface area contributed by atoms with Gasteiger partial charge < -0.3 is 4.90 Å². The van der Waals surface area contributed by atoms with Gasteiger partial charge in [0.15, 0.2) is 17.4 Å². The number of benzene rings is 1. The lowest BCUT2D eigenvalue weighted by Crippen LogP contribution is -2.24. The van der Waals surface area contributed by atoms with Crippen LogP contribution in [-0.2, 0) is 0 Å². The third-order valence-corrected chi connectivity index (χ3v) is 3.24. The molecule has 1 aromatic rings. The van der Waals surface area contributed by atoms with Gasteiger partial charge in [0.05, 0.1) is 5.56 Å². The number of ketones is 1. The SMILES string of the molecule is CN(CCC(=O)c1cccc(F)c1F)CC1CC1. The molecule has 1 aliphatic rings. The molecule has 2 rings (SSSR count). The van der Waals surface area contributed by atoms with E-state index in [1.807, 2.05) is 7.05 Å². The Labute approximate surface area is 106 Å². The molecule has 0 spiro atoms. The van der Waals surface area contributed by atoms with Crippen LogP contribution in [0.15, 0.2) is 18.2 Å². The Kier molecular flexibility index (Phi) is 4.07. The molecule has 18 heavy (non-hydrogen) atoms. The minimum Gasteiger partial charge on any atom is -0.306 e. The zero-order valence-corrected chi connectivity index (χ0v) is 10.5. The Hall–Kier alpha value is -1.29. The highest BCUT2D eigenvalue weighted by molar-refractivity contribution is 5.96. The fourth-order valence-corrected chi connectivity index (χ4v) is 1.98. The van der Waals surface area contributed by atoms with Gasteiger partial charge in [0.25, 0.3) is 0 Å². The first-order valence-electron chi connectivity index (χ1n) is 6.23. The zero-order chi connectivity index (χ0) is 13.1. The van der Waals surface area contributed by atoms with E-state index in [9.17, 15) is 13.6 Å². The summed E-state index contributed by atoms with van der Waals surface area (Å²) < 4.78 is 26.4. The molecule has 0 bridgehead atoms. The maximum absolute atomic E-state index is 13.4. The predicted molar refractivity (Wildman–Crippen MR) is 65.5 cm³/mol. The lowest BCUT2D eigenvalue weighted by atomic mass is 10.1. The van der Waals surface area contributed by atoms with E-state index in [0.717, 1.165) is 18.5 Å². The van der Waals surface area contributed by atoms with Crippen molar-refractivity contribution in [3.05, 3.63) is 35.4 Å². The van der Waals surface area contributed by atoms with E-state index >= 15 is 0 Å². The quantitative estimate of drug-likeness (QED) is 0.727. The third-order valence-electron chi connectivity index (χ3n) is 3.24. The molecule has 1 aromatic carbocycles. The first kappa shape index (κ1) is 13.1. The molecule has 0 unspecified atom stereocenters. The molecular weight excluding hydrogens is 236 g/mol. The number of hydrogen-bond donors (Lipinski definition) is 0. The van der Waals surface area contributed by atoms with E-state index in [1.54, 1.807) is 0 Å². The van der Waals surface area contributed by atoms with Crippen LogP contribution in [0.1, 0.15) is 29.6 Å². The van der Waals surface area contributed by atoms with Gasteiger partial charge in [-0.2, -0.15) is 0 Å². The van der Waals surface area contributed by atoms with E-state index in [0.29, 0.717) is 6.54 Å². The van der Waals surface area contributed by atoms with Crippen molar-refractivity contribution in [2.45, 2.75) is 19.3 Å². The van der Waals surface area contributed by atoms with Crippen molar-refractivity contribution in [2.75, 3.05) is 20.1 Å². The van der Waals surface area contributed by atoms with Crippen molar-refractivity contribution in [1.82, 2.24) is 4.90 Å². The van der Waals surface area contributed by atoms with Crippen LogP contribution < -0.4 is 0 Å². The van der Waals surface area contributed by atoms with Gasteiger partial charge in [-0.05, 0) is 37.9 Å². The van der Waals surface area contributed by atoms with Gasteiger partial charge in [-0.15, -0.1) is 0 Å². The van der Waals surface area contributed by atoms with Crippen molar-refractivity contribution < 1.29 is 13.6 Å². The number of Topliss-reactive ketones (excluding diaryl/α,β-unsaturated/α-hetero) is 1. The number of carbonyl (C=O) groups excluding carboxylic acids is 1. The molecule has 98 valence electrons. The average molecular weight is 253 g/mol. The van der Waals surface area contributed by atoms with Crippen molar-refractivity contribution in [2.24, 2.45) is 5.92 Å². The van der Waals surface area contributed by atoms with Gasteiger partial charge in [-0.3, -0.25) is 4.79 Å². The number of nitrogens with zero attached hydrogens (tertiary/aromatic N) is 1. The standard InChI is InChI=1S/C14H17F2NO/c1-17(9-10-5-6-10)8-7-13(18)11-3-2-4-12(15)14(11)16/h2-4,10H,5-9H2,1H3. The summed E-state index contributed by atoms with van der Waals surface area (Å²) >= 11 is 0. The number of halogens is 2. The molecule has 0 atom stereocenters. The largest absolute Gasteiger partial charge is 0.306 e. The molecule has 0 aromatic heterocycles. The lowest BCUT2D eigenvalue weighted by molar-refractivity contribution is 0.0963. The molecule has 0 heterocycles. The second kappa shape index (κ2) is 5.57. The topological polar surface area (TPSA) is 20.3 Å². The summed E-state index contributed by atoms with van der Waals surface area (Å²) in [7, 11) is 1.95. The van der Waals surface area contributed by atoms with Gasteiger partial charge in [-0.1, -0.05) is 6.07 Å². The first-order chi connectivity index (χ1) is 8.58. The molecule has 0 saturated heterocycles. The summed E-state index contributed by atoms with van der Waals surface area (Å²) in [5, 5.41) is 0. The molecule has 1 aliphatic carbocycles. The molecule has 2 nitrogen and oxygen atoms in total. The normalized spacial score (nSPS) is 15.1. The smallest absolute Gasteiger partial charge is 0.169 e. The molecule has 0 amide bonds. The van der Waals surface area contributed by atoms with Gasteiger partial charge in [-0.25, -0.2) is 8.78 Å². The predicted octanol–water partition coefficient (Wildman–Crippen LogP) is 2.88. The van der Waals surface area contributed by atoms with Crippen LogP contribution >= 0.6 is 0 Å². The maximum atomic E-state index is 13.4. The Morgan fingerprint density at radius 1 is 1.39 bits per heavy atom. The molecule has 1 saturated carbocycles. The lowest BCUT2D eigenvalue weighted by Gasteiger charge is -2.15. The van der Waals surface area contributed by atoms with Crippen LogP contribution in [-0.4, -0.2) is 30.8 Å². The summed E-state index contributed by atoms with van der Waals surface area (Å²) in [6.45, 7) is 1.57. The summed E-state index contributed by atoms with van der Waals surface area (Å²) in [6.07, 6.45) is 2.75. The molecule has 0 aliphatic heterocycles.